The maximum atomic E-state index is 4.02. The minimum absolute atomic E-state index is 0.408. The van der Waals surface area contributed by atoms with Crippen molar-refractivity contribution < 1.29 is 0 Å². The van der Waals surface area contributed by atoms with Gasteiger partial charge in [-0.1, -0.05) is 30.7 Å². The first-order chi connectivity index (χ1) is 7.65. The highest BCUT2D eigenvalue weighted by Crippen LogP contribution is 2.24. The first-order valence-corrected chi connectivity index (χ1v) is 6.85. The Bertz CT molecular complexity index is 346. The van der Waals surface area contributed by atoms with Crippen LogP contribution in [0.25, 0.3) is 0 Å². The average Bonchev–Trinajstić information content (AvgIpc) is 2.24. The zero-order valence-corrected chi connectivity index (χ0v) is 12.3. The maximum absolute atomic E-state index is 4.02. The molecule has 0 spiro atoms. The Morgan fingerprint density at radius 1 is 1.44 bits per heavy atom. The summed E-state index contributed by atoms with van der Waals surface area (Å²) in [6.07, 6.45) is 2.18. The van der Waals surface area contributed by atoms with Gasteiger partial charge in [0, 0.05) is 9.61 Å². The van der Waals surface area contributed by atoms with Gasteiger partial charge in [0.25, 0.3) is 0 Å². The number of benzene rings is 1. The first-order valence-electron chi connectivity index (χ1n) is 5.77. The van der Waals surface area contributed by atoms with Crippen molar-refractivity contribution in [2.75, 3.05) is 6.54 Å². The van der Waals surface area contributed by atoms with Crippen LogP contribution in [-0.4, -0.2) is 6.54 Å². The highest BCUT2D eigenvalue weighted by atomic mass is 127. The van der Waals surface area contributed by atoms with Gasteiger partial charge < -0.3 is 5.32 Å². The normalized spacial score (nSPS) is 12.4. The molecule has 1 aromatic rings. The van der Waals surface area contributed by atoms with E-state index in [-0.39, 0.29) is 0 Å². The summed E-state index contributed by atoms with van der Waals surface area (Å²) in [7, 11) is 0. The predicted octanol–water partition coefficient (Wildman–Crippen LogP) is 4.30. The molecule has 88 valence electrons. The van der Waals surface area contributed by atoms with Crippen LogP contribution >= 0.6 is 22.6 Å². The van der Waals surface area contributed by atoms with Crippen molar-refractivity contribution in [2.24, 2.45) is 0 Å². The Morgan fingerprint density at radius 2 is 2.12 bits per heavy atom. The van der Waals surface area contributed by atoms with E-state index in [0.717, 1.165) is 19.4 Å². The molecule has 0 aromatic heterocycles. The largest absolute Gasteiger partial charge is 0.310 e. The zero-order chi connectivity index (χ0) is 12.0. The van der Waals surface area contributed by atoms with Gasteiger partial charge >= 0.3 is 0 Å². The third kappa shape index (κ3) is 4.26. The smallest absolute Gasteiger partial charge is 0.0367 e. The molecule has 0 radical (unpaired) electrons. The minimum Gasteiger partial charge on any atom is -0.310 e. The van der Waals surface area contributed by atoms with Crippen LogP contribution in [0.4, 0.5) is 0 Å². The lowest BCUT2D eigenvalue weighted by molar-refractivity contribution is 0.526. The van der Waals surface area contributed by atoms with Gasteiger partial charge in [-0.15, -0.1) is 6.58 Å². The molecule has 1 N–H and O–H groups in total. The second-order valence-electron chi connectivity index (χ2n) is 4.19. The van der Waals surface area contributed by atoms with E-state index in [9.17, 15) is 0 Å². The fraction of sp³-hybridized carbons (Fsp3) is 0.429. The lowest BCUT2D eigenvalue weighted by Gasteiger charge is -2.20. The summed E-state index contributed by atoms with van der Waals surface area (Å²) in [6.45, 7) is 9.36. The molecule has 0 saturated heterocycles. The Kier molecular flexibility index (Phi) is 6.06. The Hall–Kier alpha value is -0.350. The van der Waals surface area contributed by atoms with Crippen LogP contribution in [0.15, 0.2) is 36.4 Å². The predicted molar refractivity (Wildman–Crippen MR) is 79.6 cm³/mol. The van der Waals surface area contributed by atoms with Gasteiger partial charge in [0.2, 0.25) is 0 Å². The van der Waals surface area contributed by atoms with Crippen LogP contribution in [0.2, 0.25) is 0 Å². The van der Waals surface area contributed by atoms with Crippen LogP contribution in [0.3, 0.4) is 0 Å². The van der Waals surface area contributed by atoms with Crippen molar-refractivity contribution >= 4 is 22.6 Å². The zero-order valence-electron chi connectivity index (χ0n) is 10.1. The van der Waals surface area contributed by atoms with Crippen molar-refractivity contribution in [1.29, 1.82) is 0 Å². The highest BCUT2D eigenvalue weighted by Gasteiger charge is 2.12. The maximum Gasteiger partial charge on any atom is 0.0367 e. The van der Waals surface area contributed by atoms with Gasteiger partial charge in [0.15, 0.2) is 0 Å². The molecular formula is C14H20IN. The van der Waals surface area contributed by atoms with Crippen molar-refractivity contribution in [3.63, 3.8) is 0 Å². The molecular weight excluding hydrogens is 309 g/mol. The fourth-order valence-corrected chi connectivity index (χ4v) is 2.48. The summed E-state index contributed by atoms with van der Waals surface area (Å²) in [5.74, 6) is 0. The van der Waals surface area contributed by atoms with Crippen LogP contribution in [0.1, 0.15) is 38.3 Å². The van der Waals surface area contributed by atoms with Gasteiger partial charge in [-0.3, -0.25) is 0 Å². The van der Waals surface area contributed by atoms with E-state index in [1.807, 2.05) is 0 Å². The Balaban J connectivity index is 2.82. The highest BCUT2D eigenvalue weighted by molar-refractivity contribution is 14.1. The van der Waals surface area contributed by atoms with Gasteiger partial charge in [0.05, 0.1) is 0 Å². The van der Waals surface area contributed by atoms with Crippen LogP contribution in [0, 0.1) is 3.57 Å². The van der Waals surface area contributed by atoms with E-state index in [1.165, 1.54) is 14.7 Å². The van der Waals surface area contributed by atoms with E-state index in [4.69, 9.17) is 0 Å². The quantitative estimate of drug-likeness (QED) is 0.606. The van der Waals surface area contributed by atoms with Crippen molar-refractivity contribution in [1.82, 2.24) is 5.32 Å². The summed E-state index contributed by atoms with van der Waals surface area (Å²) < 4.78 is 1.33. The molecule has 1 unspecified atom stereocenters. The molecule has 1 nitrogen and oxygen atoms in total. The van der Waals surface area contributed by atoms with Crippen LogP contribution in [-0.2, 0) is 0 Å². The monoisotopic (exact) mass is 329 g/mol. The number of halogens is 1. The number of hydrogen-bond acceptors (Lipinski definition) is 1. The SMILES string of the molecule is C=C(C)CC(NCCC)c1ccccc1I. The molecule has 0 aliphatic carbocycles. The van der Waals surface area contributed by atoms with Gasteiger partial charge in [0.1, 0.15) is 0 Å². The van der Waals surface area contributed by atoms with Gasteiger partial charge in [-0.05, 0) is 60.5 Å². The third-order valence-electron chi connectivity index (χ3n) is 2.47. The third-order valence-corrected chi connectivity index (χ3v) is 3.46. The van der Waals surface area contributed by atoms with E-state index in [0.29, 0.717) is 6.04 Å². The van der Waals surface area contributed by atoms with Crippen molar-refractivity contribution in [3.8, 4) is 0 Å². The topological polar surface area (TPSA) is 12.0 Å². The van der Waals surface area contributed by atoms with Gasteiger partial charge in [-0.25, -0.2) is 0 Å². The molecule has 0 saturated carbocycles. The Morgan fingerprint density at radius 3 is 2.69 bits per heavy atom. The first kappa shape index (κ1) is 13.7. The second kappa shape index (κ2) is 7.07. The summed E-state index contributed by atoms with van der Waals surface area (Å²) in [5, 5.41) is 3.59. The summed E-state index contributed by atoms with van der Waals surface area (Å²) in [4.78, 5) is 0. The van der Waals surface area contributed by atoms with Crippen molar-refractivity contribution in [2.45, 2.75) is 32.7 Å². The average molecular weight is 329 g/mol. The van der Waals surface area contributed by atoms with E-state index < -0.39 is 0 Å². The molecule has 1 atom stereocenters. The number of rotatable bonds is 6. The molecule has 2 heteroatoms. The molecule has 0 aliphatic heterocycles. The van der Waals surface area contributed by atoms with E-state index in [1.54, 1.807) is 0 Å². The van der Waals surface area contributed by atoms with E-state index >= 15 is 0 Å². The number of hydrogen-bond donors (Lipinski definition) is 1. The molecule has 0 bridgehead atoms. The Labute approximate surface area is 112 Å². The molecule has 0 heterocycles. The fourth-order valence-electron chi connectivity index (χ4n) is 1.72. The van der Waals surface area contributed by atoms with Crippen molar-refractivity contribution in [3.05, 3.63) is 45.6 Å². The second-order valence-corrected chi connectivity index (χ2v) is 5.35. The molecule has 1 aromatic carbocycles. The number of nitrogens with one attached hydrogen (secondary N) is 1. The van der Waals surface area contributed by atoms with Crippen LogP contribution < -0.4 is 5.32 Å². The molecule has 1 rings (SSSR count). The van der Waals surface area contributed by atoms with Crippen LogP contribution in [0.5, 0.6) is 0 Å². The lowest BCUT2D eigenvalue weighted by Crippen LogP contribution is -2.23. The standard InChI is InChI=1S/C14H20IN/c1-4-9-16-14(10-11(2)3)12-7-5-6-8-13(12)15/h5-8,14,16H,2,4,9-10H2,1,3H3. The summed E-state index contributed by atoms with van der Waals surface area (Å²) in [5.41, 5.74) is 2.62. The molecule has 0 amide bonds. The minimum atomic E-state index is 0.408. The molecule has 0 aliphatic rings. The summed E-state index contributed by atoms with van der Waals surface area (Å²) in [6, 6.07) is 8.97. The van der Waals surface area contributed by atoms with Gasteiger partial charge in [-0.2, -0.15) is 0 Å². The summed E-state index contributed by atoms with van der Waals surface area (Å²) >= 11 is 2.40. The van der Waals surface area contributed by atoms with E-state index in [2.05, 4.69) is 72.6 Å². The molecule has 16 heavy (non-hydrogen) atoms. The molecule has 0 fully saturated rings. The lowest BCUT2D eigenvalue weighted by atomic mass is 10.0.